The van der Waals surface area contributed by atoms with Crippen molar-refractivity contribution in [2.75, 3.05) is 14.2 Å². The lowest BCUT2D eigenvalue weighted by Gasteiger charge is -2.35. The molecule has 112 valence electrons. The van der Waals surface area contributed by atoms with Gasteiger partial charge in [0, 0.05) is 24.2 Å². The Morgan fingerprint density at radius 2 is 2.05 bits per heavy atom. The van der Waals surface area contributed by atoms with Crippen LogP contribution in [0.25, 0.3) is 0 Å². The van der Waals surface area contributed by atoms with Crippen LogP contribution in [-0.4, -0.2) is 20.3 Å². The Morgan fingerprint density at radius 1 is 1.25 bits per heavy atom. The van der Waals surface area contributed by atoms with E-state index >= 15 is 0 Å². The van der Waals surface area contributed by atoms with Crippen LogP contribution in [0.2, 0.25) is 0 Å². The molecule has 1 saturated carbocycles. The second kappa shape index (κ2) is 6.49. The molecule has 0 saturated heterocycles. The van der Waals surface area contributed by atoms with Crippen molar-refractivity contribution in [1.82, 2.24) is 5.32 Å². The molecule has 0 bridgehead atoms. The molecule has 3 nitrogen and oxygen atoms in total. The average Bonchev–Trinajstić information content (AvgIpc) is 2.44. The predicted molar refractivity (Wildman–Crippen MR) is 82.4 cm³/mol. The third-order valence-electron chi connectivity index (χ3n) is 4.28. The van der Waals surface area contributed by atoms with Crippen LogP contribution < -0.4 is 14.8 Å². The molecule has 1 N–H and O–H groups in total. The number of nitrogens with one attached hydrogen (secondary N) is 1. The summed E-state index contributed by atoms with van der Waals surface area (Å²) in [5.74, 6) is 1.73. The van der Waals surface area contributed by atoms with Gasteiger partial charge in [-0.25, -0.2) is 0 Å². The summed E-state index contributed by atoms with van der Waals surface area (Å²) in [6.45, 7) is 5.59. The first-order valence-electron chi connectivity index (χ1n) is 7.48. The molecule has 1 aliphatic carbocycles. The number of benzene rings is 1. The summed E-state index contributed by atoms with van der Waals surface area (Å²) >= 11 is 0. The third-order valence-corrected chi connectivity index (χ3v) is 4.28. The maximum atomic E-state index is 5.45. The van der Waals surface area contributed by atoms with Crippen LogP contribution in [0.1, 0.15) is 45.1 Å². The van der Waals surface area contributed by atoms with Gasteiger partial charge in [-0.1, -0.05) is 26.3 Å². The molecule has 3 heteroatoms. The monoisotopic (exact) mass is 277 g/mol. The minimum Gasteiger partial charge on any atom is -0.497 e. The smallest absolute Gasteiger partial charge is 0.127 e. The van der Waals surface area contributed by atoms with Crippen LogP contribution in [0.5, 0.6) is 11.5 Å². The molecule has 0 spiro atoms. The Morgan fingerprint density at radius 3 is 2.70 bits per heavy atom. The van der Waals surface area contributed by atoms with Crippen molar-refractivity contribution in [3.8, 4) is 11.5 Å². The van der Waals surface area contributed by atoms with Gasteiger partial charge in [-0.05, 0) is 30.7 Å². The quantitative estimate of drug-likeness (QED) is 0.889. The standard InChI is InChI=1S/C17H27NO2/c1-17(2)9-5-6-14(11-17)18-12-13-7-8-15(19-3)10-16(13)20-4/h7-8,10,14,18H,5-6,9,11-12H2,1-4H3. The first-order chi connectivity index (χ1) is 9.54. The predicted octanol–water partition coefficient (Wildman–Crippen LogP) is 3.76. The highest BCUT2D eigenvalue weighted by atomic mass is 16.5. The lowest BCUT2D eigenvalue weighted by molar-refractivity contribution is 0.197. The van der Waals surface area contributed by atoms with Crippen molar-refractivity contribution < 1.29 is 9.47 Å². The molecule has 0 amide bonds. The summed E-state index contributed by atoms with van der Waals surface area (Å²) in [6.07, 6.45) is 5.20. The van der Waals surface area contributed by atoms with Crippen LogP contribution in [0.3, 0.4) is 0 Å². The zero-order valence-electron chi connectivity index (χ0n) is 13.2. The Labute approximate surface area is 122 Å². The molecule has 2 rings (SSSR count). The Hall–Kier alpha value is -1.22. The van der Waals surface area contributed by atoms with Gasteiger partial charge in [-0.3, -0.25) is 0 Å². The van der Waals surface area contributed by atoms with E-state index in [1.54, 1.807) is 14.2 Å². The molecular formula is C17H27NO2. The first kappa shape index (κ1) is 15.2. The van der Waals surface area contributed by atoms with Crippen molar-refractivity contribution in [1.29, 1.82) is 0 Å². The summed E-state index contributed by atoms with van der Waals surface area (Å²) < 4.78 is 10.7. The highest BCUT2D eigenvalue weighted by Gasteiger charge is 2.27. The SMILES string of the molecule is COc1ccc(CNC2CCCC(C)(C)C2)c(OC)c1. The summed E-state index contributed by atoms with van der Waals surface area (Å²) in [7, 11) is 3.39. The molecule has 1 unspecified atom stereocenters. The van der Waals surface area contributed by atoms with Crippen molar-refractivity contribution in [2.45, 2.75) is 52.1 Å². The fraction of sp³-hybridized carbons (Fsp3) is 0.647. The molecule has 1 aliphatic rings. The van der Waals surface area contributed by atoms with Gasteiger partial charge in [-0.15, -0.1) is 0 Å². The number of methoxy groups -OCH3 is 2. The minimum absolute atomic E-state index is 0.472. The number of rotatable bonds is 5. The lowest BCUT2D eigenvalue weighted by atomic mass is 9.75. The number of hydrogen-bond acceptors (Lipinski definition) is 3. The van der Waals surface area contributed by atoms with Gasteiger partial charge in [-0.2, -0.15) is 0 Å². The topological polar surface area (TPSA) is 30.5 Å². The molecule has 1 atom stereocenters. The van der Waals surface area contributed by atoms with Crippen molar-refractivity contribution in [3.05, 3.63) is 23.8 Å². The van der Waals surface area contributed by atoms with E-state index in [-0.39, 0.29) is 0 Å². The summed E-state index contributed by atoms with van der Waals surface area (Å²) in [6, 6.07) is 6.63. The third kappa shape index (κ3) is 3.89. The molecule has 0 aliphatic heterocycles. The van der Waals surface area contributed by atoms with Gasteiger partial charge >= 0.3 is 0 Å². The van der Waals surface area contributed by atoms with E-state index in [0.717, 1.165) is 18.0 Å². The van der Waals surface area contributed by atoms with E-state index in [9.17, 15) is 0 Å². The van der Waals surface area contributed by atoms with E-state index in [1.165, 1.54) is 31.2 Å². The summed E-state index contributed by atoms with van der Waals surface area (Å²) in [4.78, 5) is 0. The minimum atomic E-state index is 0.472. The molecule has 0 heterocycles. The Bertz CT molecular complexity index is 443. The largest absolute Gasteiger partial charge is 0.497 e. The summed E-state index contributed by atoms with van der Waals surface area (Å²) in [5.41, 5.74) is 1.66. The molecule has 0 aromatic heterocycles. The number of ether oxygens (including phenoxy) is 2. The molecule has 1 aromatic carbocycles. The van der Waals surface area contributed by atoms with Gasteiger partial charge in [0.05, 0.1) is 14.2 Å². The van der Waals surface area contributed by atoms with Crippen LogP contribution in [0, 0.1) is 5.41 Å². The maximum Gasteiger partial charge on any atom is 0.127 e. The van der Waals surface area contributed by atoms with Crippen molar-refractivity contribution in [2.24, 2.45) is 5.41 Å². The van der Waals surface area contributed by atoms with Crippen LogP contribution in [-0.2, 0) is 6.54 Å². The highest BCUT2D eigenvalue weighted by molar-refractivity contribution is 5.40. The van der Waals surface area contributed by atoms with E-state index in [2.05, 4.69) is 25.2 Å². The zero-order valence-corrected chi connectivity index (χ0v) is 13.2. The maximum absolute atomic E-state index is 5.45. The van der Waals surface area contributed by atoms with Crippen molar-refractivity contribution in [3.63, 3.8) is 0 Å². The second-order valence-electron chi connectivity index (χ2n) is 6.52. The zero-order chi connectivity index (χ0) is 14.6. The molecule has 1 aromatic rings. The molecule has 20 heavy (non-hydrogen) atoms. The van der Waals surface area contributed by atoms with E-state index < -0.39 is 0 Å². The Balaban J connectivity index is 1.96. The Kier molecular flexibility index (Phi) is 4.92. The lowest BCUT2D eigenvalue weighted by Crippen LogP contribution is -2.36. The summed E-state index contributed by atoms with van der Waals surface area (Å²) in [5, 5.41) is 3.68. The van der Waals surface area contributed by atoms with Gasteiger partial charge in [0.15, 0.2) is 0 Å². The van der Waals surface area contributed by atoms with E-state index in [1.807, 2.05) is 12.1 Å². The second-order valence-corrected chi connectivity index (χ2v) is 6.52. The molecular weight excluding hydrogens is 250 g/mol. The van der Waals surface area contributed by atoms with Crippen LogP contribution in [0.15, 0.2) is 18.2 Å². The fourth-order valence-corrected chi connectivity index (χ4v) is 3.12. The molecule has 0 radical (unpaired) electrons. The number of hydrogen-bond donors (Lipinski definition) is 1. The van der Waals surface area contributed by atoms with Gasteiger partial charge in [0.1, 0.15) is 11.5 Å². The average molecular weight is 277 g/mol. The van der Waals surface area contributed by atoms with E-state index in [0.29, 0.717) is 11.5 Å². The van der Waals surface area contributed by atoms with Crippen LogP contribution >= 0.6 is 0 Å². The normalized spacial score (nSPS) is 21.5. The fourth-order valence-electron chi connectivity index (χ4n) is 3.12. The van der Waals surface area contributed by atoms with Gasteiger partial charge < -0.3 is 14.8 Å². The van der Waals surface area contributed by atoms with E-state index in [4.69, 9.17) is 9.47 Å². The van der Waals surface area contributed by atoms with Crippen LogP contribution in [0.4, 0.5) is 0 Å². The van der Waals surface area contributed by atoms with Gasteiger partial charge in [0.2, 0.25) is 0 Å². The van der Waals surface area contributed by atoms with Gasteiger partial charge in [0.25, 0.3) is 0 Å². The first-order valence-corrected chi connectivity index (χ1v) is 7.48. The van der Waals surface area contributed by atoms with Crippen molar-refractivity contribution >= 4 is 0 Å². The highest BCUT2D eigenvalue weighted by Crippen LogP contribution is 2.35. The molecule has 1 fully saturated rings.